The number of anilines is 1. The average molecular weight is 509 g/mol. The molecule has 3 rings (SSSR count). The number of nitrogens with one attached hydrogen (secondary N) is 1. The fourth-order valence-electron chi connectivity index (χ4n) is 2.90. The highest BCUT2D eigenvalue weighted by Gasteiger charge is 2.23. The van der Waals surface area contributed by atoms with Crippen LogP contribution in [0.15, 0.2) is 24.8 Å². The van der Waals surface area contributed by atoms with E-state index in [-0.39, 0.29) is 35.3 Å². The maximum atomic E-state index is 10.7. The number of carboxylic acid groups (broad SMARTS) is 2. The predicted octanol–water partition coefficient (Wildman–Crippen LogP) is 2.87. The number of fused-ring (bicyclic) bond motifs is 1. The van der Waals surface area contributed by atoms with E-state index < -0.39 is 11.9 Å². The summed E-state index contributed by atoms with van der Waals surface area (Å²) in [5.74, 6) is -1.73. The number of hydrogen-bond acceptors (Lipinski definition) is 9. The van der Waals surface area contributed by atoms with Crippen molar-refractivity contribution in [3.63, 3.8) is 0 Å². The van der Waals surface area contributed by atoms with E-state index in [1.165, 1.54) is 10.7 Å². The van der Waals surface area contributed by atoms with Crippen molar-refractivity contribution in [2.24, 2.45) is 5.92 Å². The van der Waals surface area contributed by atoms with Crippen molar-refractivity contribution in [2.45, 2.75) is 53.9 Å². The van der Waals surface area contributed by atoms with Gasteiger partial charge in [-0.05, 0) is 40.2 Å². The van der Waals surface area contributed by atoms with Gasteiger partial charge >= 0.3 is 11.9 Å². The number of hydrogen-bond donors (Lipinski definition) is 4. The van der Waals surface area contributed by atoms with E-state index >= 15 is 0 Å². The molecule has 3 aromatic heterocycles. The number of aromatic nitrogens is 5. The van der Waals surface area contributed by atoms with Crippen LogP contribution in [0.1, 0.15) is 60.9 Å². The Bertz CT molecular complexity index is 1080. The number of carboxylic acids is 2. The van der Waals surface area contributed by atoms with Crippen LogP contribution >= 0.6 is 0 Å². The Morgan fingerprint density at radius 2 is 1.58 bits per heavy atom. The van der Waals surface area contributed by atoms with Gasteiger partial charge in [0.2, 0.25) is 0 Å². The highest BCUT2D eigenvalue weighted by molar-refractivity contribution is 5.94. The van der Waals surface area contributed by atoms with Crippen LogP contribution in [0.2, 0.25) is 0 Å². The molecule has 0 amide bonds. The molecule has 0 aliphatic heterocycles. The van der Waals surface area contributed by atoms with Gasteiger partial charge in [0, 0.05) is 38.1 Å². The van der Waals surface area contributed by atoms with Gasteiger partial charge in [0.25, 0.3) is 0 Å². The summed E-state index contributed by atoms with van der Waals surface area (Å²) in [5, 5.41) is 26.6. The molecule has 200 valence electrons. The van der Waals surface area contributed by atoms with Crippen molar-refractivity contribution in [1.82, 2.24) is 24.8 Å². The number of aromatic amines is 1. The molecule has 2 atom stereocenters. The number of aromatic carboxylic acids is 2. The Balaban J connectivity index is 0.000000276. The molecule has 0 saturated heterocycles. The fraction of sp³-hybridized carbons (Fsp3) is 0.522. The van der Waals surface area contributed by atoms with Crippen LogP contribution in [0.5, 0.6) is 0 Å². The van der Waals surface area contributed by atoms with E-state index in [9.17, 15) is 9.59 Å². The smallest absolute Gasteiger partial charge is 0.341 e. The third kappa shape index (κ3) is 9.24. The zero-order valence-corrected chi connectivity index (χ0v) is 21.5. The minimum atomic E-state index is -1.07. The molecule has 0 radical (unpaired) electrons. The summed E-state index contributed by atoms with van der Waals surface area (Å²) in [4.78, 5) is 24.8. The van der Waals surface area contributed by atoms with Gasteiger partial charge in [0.1, 0.15) is 16.9 Å². The van der Waals surface area contributed by atoms with Gasteiger partial charge < -0.3 is 30.2 Å². The number of rotatable bonds is 10. The second-order valence-corrected chi connectivity index (χ2v) is 7.56. The van der Waals surface area contributed by atoms with Crippen LogP contribution in [0.3, 0.4) is 0 Å². The summed E-state index contributed by atoms with van der Waals surface area (Å²) in [6.45, 7) is 14.1. The number of ether oxygens (including phenoxy) is 3. The second kappa shape index (κ2) is 15.4. The number of aryl methyl sites for hydroxylation is 1. The van der Waals surface area contributed by atoms with E-state index in [0.29, 0.717) is 18.9 Å². The molecule has 0 aromatic carbocycles. The lowest BCUT2D eigenvalue weighted by atomic mass is 10.1. The topological polar surface area (TPSA) is 187 Å². The van der Waals surface area contributed by atoms with Gasteiger partial charge in [-0.1, -0.05) is 6.92 Å². The van der Waals surface area contributed by atoms with Gasteiger partial charge in [0.15, 0.2) is 11.9 Å². The Kier molecular flexibility index (Phi) is 13.1. The van der Waals surface area contributed by atoms with Crippen LogP contribution in [0.25, 0.3) is 5.65 Å². The summed E-state index contributed by atoms with van der Waals surface area (Å²) < 4.78 is 18.0. The number of nitrogen functional groups attached to an aromatic ring is 1. The van der Waals surface area contributed by atoms with E-state index in [4.69, 9.17) is 30.2 Å². The Morgan fingerprint density at radius 1 is 1.00 bits per heavy atom. The van der Waals surface area contributed by atoms with Crippen molar-refractivity contribution in [1.29, 1.82) is 0 Å². The van der Waals surface area contributed by atoms with Gasteiger partial charge in [-0.3, -0.25) is 5.10 Å². The summed E-state index contributed by atoms with van der Waals surface area (Å²) in [6, 6.07) is 0. The largest absolute Gasteiger partial charge is 0.477 e. The number of H-pyrrole nitrogens is 1. The predicted molar refractivity (Wildman–Crippen MR) is 132 cm³/mol. The summed E-state index contributed by atoms with van der Waals surface area (Å²) in [6.07, 6.45) is 5.83. The van der Waals surface area contributed by atoms with E-state index in [1.54, 1.807) is 12.4 Å². The maximum absolute atomic E-state index is 10.7. The first-order valence-electron chi connectivity index (χ1n) is 11.5. The molecule has 3 aromatic rings. The lowest BCUT2D eigenvalue weighted by Crippen LogP contribution is -2.34. The van der Waals surface area contributed by atoms with Crippen molar-refractivity contribution < 1.29 is 34.0 Å². The molecule has 3 heterocycles. The van der Waals surface area contributed by atoms with Crippen LogP contribution in [0.4, 0.5) is 5.82 Å². The van der Waals surface area contributed by atoms with Crippen molar-refractivity contribution in [2.75, 3.05) is 25.6 Å². The summed E-state index contributed by atoms with van der Waals surface area (Å²) in [5.41, 5.74) is 6.59. The zero-order chi connectivity index (χ0) is 27.3. The Labute approximate surface area is 209 Å². The van der Waals surface area contributed by atoms with Crippen LogP contribution in [-0.4, -0.2) is 79.2 Å². The van der Waals surface area contributed by atoms with Gasteiger partial charge in [-0.25, -0.2) is 19.1 Å². The molecule has 0 aliphatic rings. The molecule has 0 spiro atoms. The van der Waals surface area contributed by atoms with Crippen LogP contribution in [0, 0.1) is 12.8 Å². The molecular weight excluding hydrogens is 472 g/mol. The molecule has 5 N–H and O–H groups in total. The van der Waals surface area contributed by atoms with E-state index in [2.05, 4.69) is 34.1 Å². The molecular formula is C23H36N6O7. The van der Waals surface area contributed by atoms with Gasteiger partial charge in [-0.15, -0.1) is 0 Å². The normalized spacial score (nSPS) is 12.3. The number of nitrogens with zero attached hydrogens (tertiary/aromatic N) is 4. The van der Waals surface area contributed by atoms with Crippen molar-refractivity contribution >= 4 is 23.4 Å². The highest BCUT2D eigenvalue weighted by Crippen LogP contribution is 2.16. The SMILES string of the molecule is CCOC(C)C(C)C(OCC)OCC.Cc1cnc2c(C(=O)O)cnn2c1.Nc1[nH]ncc1C(=O)O. The monoisotopic (exact) mass is 508 g/mol. The molecule has 36 heavy (non-hydrogen) atoms. The third-order valence-corrected chi connectivity index (χ3v) is 4.88. The Morgan fingerprint density at radius 3 is 2.03 bits per heavy atom. The fourth-order valence-corrected chi connectivity index (χ4v) is 2.90. The lowest BCUT2D eigenvalue weighted by Gasteiger charge is -2.28. The van der Waals surface area contributed by atoms with Crippen LogP contribution in [-0.2, 0) is 14.2 Å². The first kappa shape index (κ1) is 30.5. The molecule has 0 saturated carbocycles. The van der Waals surface area contributed by atoms with E-state index in [1.807, 2.05) is 27.7 Å². The zero-order valence-electron chi connectivity index (χ0n) is 21.5. The molecule has 0 aliphatic carbocycles. The number of nitrogens with two attached hydrogens (primary N) is 1. The van der Waals surface area contributed by atoms with Gasteiger partial charge in [0.05, 0.1) is 18.5 Å². The minimum Gasteiger partial charge on any atom is -0.477 e. The lowest BCUT2D eigenvalue weighted by molar-refractivity contribution is -0.185. The standard InChI is InChI=1S/C11H24O3.C8H7N3O2.C4H5N3O2/c1-6-12-10(5)9(4)11(13-7-2)14-8-3;1-5-2-9-7-6(8(12)13)3-10-11(7)4-5;5-3-2(4(8)9)1-6-7-3/h9-11H,6-8H2,1-5H3;2-4H,1H3,(H,12,13);1H,(H,8,9)(H3,5,6,7). The average Bonchev–Trinajstić information content (AvgIpc) is 3.45. The highest BCUT2D eigenvalue weighted by atomic mass is 16.7. The Hall–Kier alpha value is -3.55. The van der Waals surface area contributed by atoms with Crippen LogP contribution < -0.4 is 5.73 Å². The maximum Gasteiger partial charge on any atom is 0.341 e. The van der Waals surface area contributed by atoms with Gasteiger partial charge in [-0.2, -0.15) is 10.2 Å². The number of carbonyl (C=O) groups is 2. The molecule has 0 bridgehead atoms. The summed E-state index contributed by atoms with van der Waals surface area (Å²) >= 11 is 0. The molecule has 13 heteroatoms. The molecule has 2 unspecified atom stereocenters. The second-order valence-electron chi connectivity index (χ2n) is 7.56. The molecule has 13 nitrogen and oxygen atoms in total. The molecule has 0 fully saturated rings. The third-order valence-electron chi connectivity index (χ3n) is 4.88. The van der Waals surface area contributed by atoms with Crippen molar-refractivity contribution in [3.8, 4) is 0 Å². The first-order chi connectivity index (χ1) is 17.1. The quantitative estimate of drug-likeness (QED) is 0.295. The van der Waals surface area contributed by atoms with Crippen molar-refractivity contribution in [3.05, 3.63) is 41.5 Å². The first-order valence-corrected chi connectivity index (χ1v) is 11.5. The van der Waals surface area contributed by atoms with E-state index in [0.717, 1.165) is 18.4 Å². The minimum absolute atomic E-state index is 0.00926. The summed E-state index contributed by atoms with van der Waals surface area (Å²) in [7, 11) is 0.